The highest BCUT2D eigenvalue weighted by atomic mass is 35.5. The van der Waals surface area contributed by atoms with E-state index in [0.29, 0.717) is 13.2 Å². The van der Waals surface area contributed by atoms with Crippen molar-refractivity contribution in [2.75, 3.05) is 13.2 Å². The molecule has 0 saturated carbocycles. The maximum atomic E-state index is 11.2. The molecule has 0 saturated heterocycles. The first kappa shape index (κ1) is 18.7. The van der Waals surface area contributed by atoms with Crippen molar-refractivity contribution in [1.29, 1.82) is 0 Å². The molecule has 0 radical (unpaired) electrons. The maximum Gasteiger partial charge on any atom is 0.236 e. The van der Waals surface area contributed by atoms with Crippen molar-refractivity contribution in [1.82, 2.24) is 5.32 Å². The van der Waals surface area contributed by atoms with Crippen LogP contribution >= 0.6 is 12.4 Å². The highest BCUT2D eigenvalue weighted by Gasteiger charge is 2.12. The van der Waals surface area contributed by atoms with Gasteiger partial charge >= 0.3 is 0 Å². The molecule has 0 aliphatic rings. The van der Waals surface area contributed by atoms with Crippen molar-refractivity contribution in [2.24, 2.45) is 5.73 Å². The van der Waals surface area contributed by atoms with Crippen LogP contribution in [0, 0.1) is 0 Å². The fraction of sp³-hybridized carbons (Fsp3) is 0.533. The summed E-state index contributed by atoms with van der Waals surface area (Å²) >= 11 is 0. The number of ether oxygens (including phenoxy) is 1. The Balaban J connectivity index is 0.00000361. The summed E-state index contributed by atoms with van der Waals surface area (Å²) in [6, 6.07) is 7.55. The highest BCUT2D eigenvalue weighted by Crippen LogP contribution is 2.24. The first-order valence-electron chi connectivity index (χ1n) is 6.57. The van der Waals surface area contributed by atoms with Crippen molar-refractivity contribution in [3.63, 3.8) is 0 Å². The van der Waals surface area contributed by atoms with Crippen LogP contribution in [0.5, 0.6) is 5.75 Å². The zero-order chi connectivity index (χ0) is 14.5. The molecule has 20 heavy (non-hydrogen) atoms. The molecule has 1 atom stereocenters. The molecule has 1 aromatic rings. The van der Waals surface area contributed by atoms with Gasteiger partial charge in [-0.05, 0) is 30.0 Å². The number of halogens is 1. The maximum absolute atomic E-state index is 11.2. The summed E-state index contributed by atoms with van der Waals surface area (Å²) in [6.07, 6.45) is 0. The number of carbonyl (C=O) groups is 1. The number of hydrogen-bond donors (Lipinski definition) is 2. The summed E-state index contributed by atoms with van der Waals surface area (Å²) in [7, 11) is 0. The Hall–Kier alpha value is -1.26. The summed E-state index contributed by atoms with van der Waals surface area (Å²) in [6.45, 7) is 9.07. The summed E-state index contributed by atoms with van der Waals surface area (Å²) < 4.78 is 5.55. The molecular formula is C15H25ClN2O2. The second-order valence-corrected chi connectivity index (χ2v) is 5.70. The lowest BCUT2D eigenvalue weighted by atomic mass is 9.87. The molecule has 0 unspecified atom stereocenters. The van der Waals surface area contributed by atoms with Crippen LogP contribution in [-0.4, -0.2) is 25.1 Å². The van der Waals surface area contributed by atoms with Gasteiger partial charge in [-0.25, -0.2) is 0 Å². The van der Waals surface area contributed by atoms with E-state index in [1.807, 2.05) is 12.1 Å². The molecule has 0 fully saturated rings. The molecule has 1 aromatic carbocycles. The van der Waals surface area contributed by atoms with Crippen LogP contribution in [0.3, 0.4) is 0 Å². The van der Waals surface area contributed by atoms with E-state index in [9.17, 15) is 4.79 Å². The van der Waals surface area contributed by atoms with E-state index in [2.05, 4.69) is 38.2 Å². The molecule has 0 aromatic heterocycles. The van der Waals surface area contributed by atoms with Crippen molar-refractivity contribution < 1.29 is 9.53 Å². The smallest absolute Gasteiger partial charge is 0.236 e. The van der Waals surface area contributed by atoms with Crippen LogP contribution in [0.1, 0.15) is 33.3 Å². The standard InChI is InChI=1S/C15H24N2O2.ClH/c1-11(16)14(18)17-9-10-19-13-7-5-12(6-8-13)15(2,3)4;/h5-8,11H,9-10,16H2,1-4H3,(H,17,18);1H/t11-;/m1./s1. The Labute approximate surface area is 127 Å². The molecule has 5 heteroatoms. The van der Waals surface area contributed by atoms with Gasteiger partial charge in [-0.2, -0.15) is 0 Å². The number of nitrogens with one attached hydrogen (secondary N) is 1. The summed E-state index contributed by atoms with van der Waals surface area (Å²) in [4.78, 5) is 11.2. The molecule has 1 rings (SSSR count). The van der Waals surface area contributed by atoms with Gasteiger partial charge in [0.25, 0.3) is 0 Å². The molecule has 1 amide bonds. The normalized spacial score (nSPS) is 12.2. The molecule has 0 bridgehead atoms. The third-order valence-corrected chi connectivity index (χ3v) is 2.80. The predicted octanol–water partition coefficient (Wildman–Crippen LogP) is 2.25. The first-order chi connectivity index (χ1) is 8.80. The van der Waals surface area contributed by atoms with Crippen LogP contribution in [0.25, 0.3) is 0 Å². The number of benzene rings is 1. The average Bonchev–Trinajstić information content (AvgIpc) is 2.33. The minimum Gasteiger partial charge on any atom is -0.492 e. The number of rotatable bonds is 5. The molecule has 0 heterocycles. The molecule has 0 aliphatic carbocycles. The van der Waals surface area contributed by atoms with Crippen LogP contribution in [0.4, 0.5) is 0 Å². The fourth-order valence-electron chi connectivity index (χ4n) is 1.56. The predicted molar refractivity (Wildman–Crippen MR) is 84.5 cm³/mol. The van der Waals surface area contributed by atoms with Gasteiger partial charge in [-0.3, -0.25) is 4.79 Å². The molecule has 0 spiro atoms. The monoisotopic (exact) mass is 300 g/mol. The van der Waals surface area contributed by atoms with Crippen molar-refractivity contribution in [2.45, 2.75) is 39.2 Å². The van der Waals surface area contributed by atoms with Crippen molar-refractivity contribution in [3.8, 4) is 5.75 Å². The zero-order valence-corrected chi connectivity index (χ0v) is 13.4. The van der Waals surface area contributed by atoms with Gasteiger partial charge in [0.05, 0.1) is 12.6 Å². The molecule has 4 nitrogen and oxygen atoms in total. The van der Waals surface area contributed by atoms with Gasteiger partial charge in [0.15, 0.2) is 0 Å². The summed E-state index contributed by atoms with van der Waals surface area (Å²) in [5.74, 6) is 0.648. The Bertz CT molecular complexity index is 411. The van der Waals surface area contributed by atoms with Crippen molar-refractivity contribution >= 4 is 18.3 Å². The topological polar surface area (TPSA) is 64.4 Å². The van der Waals surface area contributed by atoms with E-state index in [1.165, 1.54) is 5.56 Å². The first-order valence-corrected chi connectivity index (χ1v) is 6.57. The second-order valence-electron chi connectivity index (χ2n) is 5.70. The van der Waals surface area contributed by atoms with E-state index in [4.69, 9.17) is 10.5 Å². The van der Waals surface area contributed by atoms with E-state index in [-0.39, 0.29) is 23.7 Å². The van der Waals surface area contributed by atoms with Gasteiger partial charge in [-0.15, -0.1) is 12.4 Å². The van der Waals surface area contributed by atoms with Crippen LogP contribution in [-0.2, 0) is 10.2 Å². The summed E-state index contributed by atoms with van der Waals surface area (Å²) in [5.41, 5.74) is 6.85. The number of amides is 1. The Morgan fingerprint density at radius 2 is 1.85 bits per heavy atom. The third kappa shape index (κ3) is 6.26. The Kier molecular flexibility index (Phi) is 7.61. The van der Waals surface area contributed by atoms with Gasteiger partial charge in [0.1, 0.15) is 12.4 Å². The fourth-order valence-corrected chi connectivity index (χ4v) is 1.56. The Morgan fingerprint density at radius 1 is 1.30 bits per heavy atom. The largest absolute Gasteiger partial charge is 0.492 e. The molecule has 0 aliphatic heterocycles. The minimum absolute atomic E-state index is 0. The lowest BCUT2D eigenvalue weighted by Crippen LogP contribution is -2.40. The van der Waals surface area contributed by atoms with Crippen LogP contribution in [0.2, 0.25) is 0 Å². The lowest BCUT2D eigenvalue weighted by molar-refractivity contribution is -0.122. The lowest BCUT2D eigenvalue weighted by Gasteiger charge is -2.19. The molecular weight excluding hydrogens is 276 g/mol. The number of nitrogens with two attached hydrogens (primary N) is 1. The Morgan fingerprint density at radius 3 is 2.30 bits per heavy atom. The second kappa shape index (κ2) is 8.12. The van der Waals surface area contributed by atoms with E-state index >= 15 is 0 Å². The highest BCUT2D eigenvalue weighted by molar-refractivity contribution is 5.85. The number of carbonyl (C=O) groups excluding carboxylic acids is 1. The van der Waals surface area contributed by atoms with Crippen molar-refractivity contribution in [3.05, 3.63) is 29.8 Å². The van der Waals surface area contributed by atoms with Gasteiger partial charge in [0.2, 0.25) is 5.91 Å². The minimum atomic E-state index is -0.480. The van der Waals surface area contributed by atoms with E-state index in [1.54, 1.807) is 6.92 Å². The number of hydrogen-bond acceptors (Lipinski definition) is 3. The van der Waals surface area contributed by atoms with E-state index < -0.39 is 6.04 Å². The van der Waals surface area contributed by atoms with Gasteiger partial charge in [-0.1, -0.05) is 32.9 Å². The third-order valence-electron chi connectivity index (χ3n) is 2.80. The van der Waals surface area contributed by atoms with Crippen LogP contribution < -0.4 is 15.8 Å². The molecule has 114 valence electrons. The van der Waals surface area contributed by atoms with Gasteiger partial charge < -0.3 is 15.8 Å². The SMILES string of the molecule is C[C@@H](N)C(=O)NCCOc1ccc(C(C)(C)C)cc1.Cl. The van der Waals surface area contributed by atoms with Crippen LogP contribution in [0.15, 0.2) is 24.3 Å². The average molecular weight is 301 g/mol. The van der Waals surface area contributed by atoms with E-state index in [0.717, 1.165) is 5.75 Å². The van der Waals surface area contributed by atoms with Gasteiger partial charge in [0, 0.05) is 0 Å². The summed E-state index contributed by atoms with van der Waals surface area (Å²) in [5, 5.41) is 2.70. The zero-order valence-electron chi connectivity index (χ0n) is 12.6. The quantitative estimate of drug-likeness (QED) is 0.820. The molecule has 3 N–H and O–H groups in total.